The van der Waals surface area contributed by atoms with E-state index in [4.69, 9.17) is 9.47 Å². The predicted octanol–water partition coefficient (Wildman–Crippen LogP) is 0.645. The van der Waals surface area contributed by atoms with E-state index in [0.717, 1.165) is 32.1 Å². The van der Waals surface area contributed by atoms with E-state index in [1.54, 1.807) is 25.2 Å². The second kappa shape index (κ2) is 11.1. The number of hydrogen-bond donors (Lipinski definition) is 1. The minimum Gasteiger partial charge on any atom is -0.486 e. The zero-order valence-electron chi connectivity index (χ0n) is 17.8. The van der Waals surface area contributed by atoms with E-state index >= 15 is 0 Å². The number of rotatable bonds is 6. The number of hydrogen-bond acceptors (Lipinski definition) is 5. The van der Waals surface area contributed by atoms with Crippen molar-refractivity contribution in [2.75, 3.05) is 72.6 Å². The molecule has 1 aromatic carbocycles. The average Bonchev–Trinajstić information content (AvgIpc) is 2.77. The SMILES string of the molecule is CN=C(NCC(C)Oc1ccccc1F)N1CCN(CC(=O)N2CCOCC2)CC1. The van der Waals surface area contributed by atoms with Crippen LogP contribution in [0.1, 0.15) is 6.92 Å². The number of nitrogens with one attached hydrogen (secondary N) is 1. The molecule has 1 unspecified atom stereocenters. The van der Waals surface area contributed by atoms with E-state index in [1.165, 1.54) is 6.07 Å². The smallest absolute Gasteiger partial charge is 0.236 e. The number of piperazine rings is 1. The Hall–Kier alpha value is -2.39. The Balaban J connectivity index is 1.40. The van der Waals surface area contributed by atoms with Crippen LogP contribution in [0.2, 0.25) is 0 Å². The summed E-state index contributed by atoms with van der Waals surface area (Å²) in [7, 11) is 1.75. The van der Waals surface area contributed by atoms with Gasteiger partial charge in [-0.2, -0.15) is 0 Å². The number of ether oxygens (including phenoxy) is 2. The number of halogens is 1. The summed E-state index contributed by atoms with van der Waals surface area (Å²) in [5, 5.41) is 3.31. The molecule has 0 aliphatic carbocycles. The van der Waals surface area contributed by atoms with Gasteiger partial charge in [0.25, 0.3) is 0 Å². The van der Waals surface area contributed by atoms with Gasteiger partial charge in [0.2, 0.25) is 5.91 Å². The van der Waals surface area contributed by atoms with Crippen LogP contribution in [0, 0.1) is 5.82 Å². The molecular formula is C21H32FN5O3. The lowest BCUT2D eigenvalue weighted by Gasteiger charge is -2.37. The molecule has 2 heterocycles. The summed E-state index contributed by atoms with van der Waals surface area (Å²) in [6, 6.07) is 6.40. The fourth-order valence-electron chi connectivity index (χ4n) is 3.59. The van der Waals surface area contributed by atoms with Gasteiger partial charge in [0.15, 0.2) is 17.5 Å². The van der Waals surface area contributed by atoms with Gasteiger partial charge >= 0.3 is 0 Å². The van der Waals surface area contributed by atoms with Crippen molar-refractivity contribution < 1.29 is 18.7 Å². The first-order valence-corrected chi connectivity index (χ1v) is 10.5. The van der Waals surface area contributed by atoms with Crippen molar-refractivity contribution in [2.24, 2.45) is 4.99 Å². The van der Waals surface area contributed by atoms with E-state index in [-0.39, 0.29) is 23.6 Å². The molecule has 0 saturated carbocycles. The van der Waals surface area contributed by atoms with Gasteiger partial charge < -0.3 is 24.6 Å². The van der Waals surface area contributed by atoms with E-state index < -0.39 is 0 Å². The minimum atomic E-state index is -0.364. The number of para-hydroxylation sites is 1. The van der Waals surface area contributed by atoms with Crippen LogP contribution in [0.5, 0.6) is 5.75 Å². The molecule has 9 heteroatoms. The van der Waals surface area contributed by atoms with Crippen LogP contribution in [-0.2, 0) is 9.53 Å². The summed E-state index contributed by atoms with van der Waals surface area (Å²) in [4.78, 5) is 23.0. The summed E-state index contributed by atoms with van der Waals surface area (Å²) in [6.07, 6.45) is -0.217. The Kier molecular flexibility index (Phi) is 8.27. The molecule has 1 atom stereocenters. The Morgan fingerprint density at radius 1 is 1.17 bits per heavy atom. The molecule has 1 aromatic rings. The second-order valence-corrected chi connectivity index (χ2v) is 7.54. The third-order valence-electron chi connectivity index (χ3n) is 5.32. The van der Waals surface area contributed by atoms with Crippen LogP contribution < -0.4 is 10.1 Å². The lowest BCUT2D eigenvalue weighted by Crippen LogP contribution is -2.55. The van der Waals surface area contributed by atoms with Crippen molar-refractivity contribution in [2.45, 2.75) is 13.0 Å². The molecule has 30 heavy (non-hydrogen) atoms. The van der Waals surface area contributed by atoms with Crippen molar-refractivity contribution >= 4 is 11.9 Å². The van der Waals surface area contributed by atoms with Crippen LogP contribution in [0.15, 0.2) is 29.3 Å². The Morgan fingerprint density at radius 3 is 2.53 bits per heavy atom. The van der Waals surface area contributed by atoms with Gasteiger partial charge in [-0.3, -0.25) is 14.7 Å². The molecule has 2 saturated heterocycles. The topological polar surface area (TPSA) is 69.6 Å². The highest BCUT2D eigenvalue weighted by molar-refractivity contribution is 5.80. The molecule has 3 rings (SSSR count). The van der Waals surface area contributed by atoms with Crippen LogP contribution in [-0.4, -0.2) is 105 Å². The molecule has 1 N–H and O–H groups in total. The number of carbonyl (C=O) groups excluding carboxylic acids is 1. The Bertz CT molecular complexity index is 718. The van der Waals surface area contributed by atoms with Crippen molar-refractivity contribution in [1.82, 2.24) is 20.0 Å². The molecule has 2 aliphatic heterocycles. The maximum Gasteiger partial charge on any atom is 0.236 e. The van der Waals surface area contributed by atoms with Crippen molar-refractivity contribution in [3.8, 4) is 5.75 Å². The second-order valence-electron chi connectivity index (χ2n) is 7.54. The molecule has 0 spiro atoms. The lowest BCUT2D eigenvalue weighted by molar-refractivity contribution is -0.136. The molecular weight excluding hydrogens is 389 g/mol. The standard InChI is InChI=1S/C21H32FN5O3/c1-17(30-19-6-4-3-5-18(19)22)15-24-21(23-2)27-9-7-25(8-10-27)16-20(28)26-11-13-29-14-12-26/h3-6,17H,7-16H2,1-2H3,(H,23,24). The average molecular weight is 422 g/mol. The first kappa shape index (κ1) is 22.3. The third-order valence-corrected chi connectivity index (χ3v) is 5.32. The summed E-state index contributed by atoms with van der Waals surface area (Å²) in [5.41, 5.74) is 0. The van der Waals surface area contributed by atoms with Gasteiger partial charge in [-0.15, -0.1) is 0 Å². The van der Waals surface area contributed by atoms with Gasteiger partial charge in [-0.1, -0.05) is 12.1 Å². The monoisotopic (exact) mass is 421 g/mol. The van der Waals surface area contributed by atoms with Crippen LogP contribution in [0.3, 0.4) is 0 Å². The molecule has 166 valence electrons. The summed E-state index contributed by atoms with van der Waals surface area (Å²) >= 11 is 0. The largest absolute Gasteiger partial charge is 0.486 e. The van der Waals surface area contributed by atoms with E-state index in [0.29, 0.717) is 39.4 Å². The summed E-state index contributed by atoms with van der Waals surface area (Å²) in [6.45, 7) is 8.66. The van der Waals surface area contributed by atoms with Crippen LogP contribution >= 0.6 is 0 Å². The summed E-state index contributed by atoms with van der Waals surface area (Å²) < 4.78 is 24.7. The van der Waals surface area contributed by atoms with Crippen LogP contribution in [0.25, 0.3) is 0 Å². The van der Waals surface area contributed by atoms with Gasteiger partial charge in [0.05, 0.1) is 26.3 Å². The number of carbonyl (C=O) groups is 1. The quantitative estimate of drug-likeness (QED) is 0.537. The maximum absolute atomic E-state index is 13.7. The first-order valence-electron chi connectivity index (χ1n) is 10.5. The first-order chi connectivity index (χ1) is 14.6. The number of nitrogens with zero attached hydrogens (tertiary/aromatic N) is 4. The lowest BCUT2D eigenvalue weighted by atomic mass is 10.3. The fraction of sp³-hybridized carbons (Fsp3) is 0.619. The van der Waals surface area contributed by atoms with E-state index in [2.05, 4.69) is 20.1 Å². The highest BCUT2D eigenvalue weighted by atomic mass is 19.1. The zero-order chi connectivity index (χ0) is 21.3. The van der Waals surface area contributed by atoms with Crippen molar-refractivity contribution in [3.05, 3.63) is 30.1 Å². The molecule has 2 aliphatic rings. The highest BCUT2D eigenvalue weighted by Crippen LogP contribution is 2.16. The normalized spacial score (nSPS) is 19.5. The zero-order valence-corrected chi connectivity index (χ0v) is 17.8. The predicted molar refractivity (Wildman–Crippen MR) is 113 cm³/mol. The van der Waals surface area contributed by atoms with E-state index in [1.807, 2.05) is 11.8 Å². The van der Waals surface area contributed by atoms with Gasteiger partial charge in [0, 0.05) is 46.3 Å². The number of guanidine groups is 1. The van der Waals surface area contributed by atoms with Gasteiger partial charge in [-0.25, -0.2) is 4.39 Å². The fourth-order valence-corrected chi connectivity index (χ4v) is 3.59. The molecule has 8 nitrogen and oxygen atoms in total. The third kappa shape index (κ3) is 6.30. The molecule has 2 fully saturated rings. The molecule has 0 radical (unpaired) electrons. The van der Waals surface area contributed by atoms with E-state index in [9.17, 15) is 9.18 Å². The van der Waals surface area contributed by atoms with Crippen molar-refractivity contribution in [1.29, 1.82) is 0 Å². The maximum atomic E-state index is 13.7. The minimum absolute atomic E-state index is 0.174. The molecule has 1 amide bonds. The number of morpholine rings is 1. The Morgan fingerprint density at radius 2 is 1.87 bits per heavy atom. The number of benzene rings is 1. The van der Waals surface area contributed by atoms with Crippen molar-refractivity contribution in [3.63, 3.8) is 0 Å². The molecule has 0 aromatic heterocycles. The highest BCUT2D eigenvalue weighted by Gasteiger charge is 2.24. The van der Waals surface area contributed by atoms with Gasteiger partial charge in [0.1, 0.15) is 6.10 Å². The number of amides is 1. The van der Waals surface area contributed by atoms with Gasteiger partial charge in [-0.05, 0) is 19.1 Å². The Labute approximate surface area is 177 Å². The summed E-state index contributed by atoms with van der Waals surface area (Å²) in [5.74, 6) is 0.850. The van der Waals surface area contributed by atoms with Crippen LogP contribution in [0.4, 0.5) is 4.39 Å². The molecule has 0 bridgehead atoms. The number of aliphatic imine (C=N–C) groups is 1.